The summed E-state index contributed by atoms with van der Waals surface area (Å²) < 4.78 is 4.33. The van der Waals surface area contributed by atoms with Crippen LogP contribution in [0.1, 0.15) is 0 Å². The van der Waals surface area contributed by atoms with Crippen LogP contribution in [-0.2, 0) is 4.33 Å². The summed E-state index contributed by atoms with van der Waals surface area (Å²) in [5.41, 5.74) is 0. The van der Waals surface area contributed by atoms with E-state index in [9.17, 15) is 0 Å². The first-order valence-corrected chi connectivity index (χ1v) is 3.63. The van der Waals surface area contributed by atoms with Gasteiger partial charge in [-0.05, 0) is 12.1 Å². The largest absolute Gasteiger partial charge is 0.504 e. The standard InChI is InChI=1S/C6H7NO3S/c7-11-10-9-6-4-2-1-3-5(6)8/h1-4,8H,7H2. The third-order valence-electron chi connectivity index (χ3n) is 1.03. The molecule has 1 aromatic carbocycles. The van der Waals surface area contributed by atoms with Crippen LogP contribution in [0.15, 0.2) is 24.3 Å². The van der Waals surface area contributed by atoms with Crippen molar-refractivity contribution in [2.24, 2.45) is 5.14 Å². The molecule has 4 nitrogen and oxygen atoms in total. The number of benzene rings is 1. The predicted octanol–water partition coefficient (Wildman–Crippen LogP) is 1.22. The van der Waals surface area contributed by atoms with E-state index >= 15 is 0 Å². The van der Waals surface area contributed by atoms with Crippen molar-refractivity contribution in [3.05, 3.63) is 24.3 Å². The normalized spacial score (nSPS) is 9.55. The molecular formula is C6H7NO3S. The number of hydrogen-bond donors (Lipinski definition) is 2. The van der Waals surface area contributed by atoms with Crippen LogP contribution in [0.25, 0.3) is 0 Å². The highest BCUT2D eigenvalue weighted by Crippen LogP contribution is 2.24. The highest BCUT2D eigenvalue weighted by atomic mass is 32.2. The van der Waals surface area contributed by atoms with Crippen LogP contribution in [0.5, 0.6) is 11.5 Å². The lowest BCUT2D eigenvalue weighted by molar-refractivity contribution is -0.0796. The van der Waals surface area contributed by atoms with E-state index in [0.717, 1.165) is 0 Å². The molecule has 1 aromatic rings. The highest BCUT2D eigenvalue weighted by molar-refractivity contribution is 7.92. The molecule has 0 aliphatic carbocycles. The van der Waals surface area contributed by atoms with Crippen molar-refractivity contribution >= 4 is 12.2 Å². The van der Waals surface area contributed by atoms with E-state index in [1.54, 1.807) is 18.2 Å². The number of nitrogens with two attached hydrogens (primary N) is 1. The van der Waals surface area contributed by atoms with Gasteiger partial charge in [0.1, 0.15) is 12.2 Å². The maximum Gasteiger partial charge on any atom is 0.208 e. The lowest BCUT2D eigenvalue weighted by Crippen LogP contribution is -1.92. The lowest BCUT2D eigenvalue weighted by atomic mass is 10.3. The molecule has 0 atom stereocenters. The SMILES string of the molecule is NSOOc1ccccc1O. The van der Waals surface area contributed by atoms with E-state index in [0.29, 0.717) is 12.2 Å². The van der Waals surface area contributed by atoms with E-state index < -0.39 is 0 Å². The molecule has 0 aromatic heterocycles. The fourth-order valence-corrected chi connectivity index (χ4v) is 0.697. The second-order valence-corrected chi connectivity index (χ2v) is 2.04. The van der Waals surface area contributed by atoms with Gasteiger partial charge in [-0.2, -0.15) is 0 Å². The van der Waals surface area contributed by atoms with Gasteiger partial charge in [0, 0.05) is 0 Å². The van der Waals surface area contributed by atoms with Crippen molar-refractivity contribution in [1.29, 1.82) is 0 Å². The Balaban J connectivity index is 2.62. The summed E-state index contributed by atoms with van der Waals surface area (Å²) in [7, 11) is 0. The minimum Gasteiger partial charge on any atom is -0.504 e. The van der Waals surface area contributed by atoms with Crippen LogP contribution in [0.4, 0.5) is 0 Å². The van der Waals surface area contributed by atoms with E-state index in [-0.39, 0.29) is 11.5 Å². The molecule has 0 spiro atoms. The molecule has 0 heterocycles. The summed E-state index contributed by atoms with van der Waals surface area (Å²) in [5.74, 6) is 0.256. The minimum atomic E-state index is 0.0153. The summed E-state index contributed by atoms with van der Waals surface area (Å²) in [4.78, 5) is 4.57. The van der Waals surface area contributed by atoms with Crippen molar-refractivity contribution in [3.63, 3.8) is 0 Å². The average Bonchev–Trinajstić information content (AvgIpc) is 2.03. The zero-order valence-electron chi connectivity index (χ0n) is 5.56. The maximum atomic E-state index is 9.08. The molecule has 0 aliphatic rings. The lowest BCUT2D eigenvalue weighted by Gasteiger charge is -2.01. The molecule has 11 heavy (non-hydrogen) atoms. The van der Waals surface area contributed by atoms with Crippen molar-refractivity contribution in [1.82, 2.24) is 0 Å². The monoisotopic (exact) mass is 173 g/mol. The smallest absolute Gasteiger partial charge is 0.208 e. The van der Waals surface area contributed by atoms with Crippen molar-refractivity contribution in [2.75, 3.05) is 0 Å². The number of hydrogen-bond acceptors (Lipinski definition) is 5. The first-order valence-electron chi connectivity index (χ1n) is 2.82. The zero-order valence-corrected chi connectivity index (χ0v) is 6.38. The molecule has 0 fully saturated rings. The van der Waals surface area contributed by atoms with Crippen LogP contribution < -0.4 is 10.0 Å². The fourth-order valence-electron chi connectivity index (χ4n) is 0.584. The topological polar surface area (TPSA) is 64.7 Å². The van der Waals surface area contributed by atoms with Gasteiger partial charge in [0.2, 0.25) is 5.75 Å². The molecule has 60 valence electrons. The van der Waals surface area contributed by atoms with Crippen LogP contribution in [-0.4, -0.2) is 5.11 Å². The van der Waals surface area contributed by atoms with Gasteiger partial charge in [0.25, 0.3) is 0 Å². The number of para-hydroxylation sites is 2. The zero-order chi connectivity index (χ0) is 8.10. The molecule has 0 aliphatic heterocycles. The maximum absolute atomic E-state index is 9.08. The molecule has 1 rings (SSSR count). The van der Waals surface area contributed by atoms with Gasteiger partial charge in [-0.15, -0.1) is 0 Å². The Morgan fingerprint density at radius 3 is 2.73 bits per heavy atom. The number of aromatic hydroxyl groups is 1. The van der Waals surface area contributed by atoms with Crippen LogP contribution in [0.2, 0.25) is 0 Å². The van der Waals surface area contributed by atoms with E-state index in [4.69, 9.17) is 10.2 Å². The molecule has 0 unspecified atom stereocenters. The van der Waals surface area contributed by atoms with Crippen molar-refractivity contribution in [3.8, 4) is 11.5 Å². The predicted molar refractivity (Wildman–Crippen MR) is 41.6 cm³/mol. The van der Waals surface area contributed by atoms with Crippen molar-refractivity contribution in [2.45, 2.75) is 0 Å². The highest BCUT2D eigenvalue weighted by Gasteiger charge is 1.99. The molecule has 5 heteroatoms. The molecule has 0 saturated carbocycles. The Hall–Kier alpha value is -0.910. The minimum absolute atomic E-state index is 0.0153. The summed E-state index contributed by atoms with van der Waals surface area (Å²) >= 11 is 0.572. The van der Waals surface area contributed by atoms with Gasteiger partial charge in [0.15, 0.2) is 5.75 Å². The molecule has 0 radical (unpaired) electrons. The molecule has 0 amide bonds. The Labute approximate surface area is 68.2 Å². The van der Waals surface area contributed by atoms with Crippen LogP contribution >= 0.6 is 12.2 Å². The van der Waals surface area contributed by atoms with Gasteiger partial charge in [-0.1, -0.05) is 16.5 Å². The Kier molecular flexibility index (Phi) is 3.03. The molecule has 3 N–H and O–H groups in total. The van der Waals surface area contributed by atoms with Crippen LogP contribution in [0, 0.1) is 0 Å². The third kappa shape index (κ3) is 2.30. The fraction of sp³-hybridized carbons (Fsp3) is 0. The van der Waals surface area contributed by atoms with E-state index in [2.05, 4.69) is 9.22 Å². The van der Waals surface area contributed by atoms with Gasteiger partial charge in [-0.25, -0.2) is 0 Å². The van der Waals surface area contributed by atoms with E-state index in [1.165, 1.54) is 6.07 Å². The summed E-state index contributed by atoms with van der Waals surface area (Å²) in [6.45, 7) is 0. The van der Waals surface area contributed by atoms with Gasteiger partial charge < -0.3 is 9.99 Å². The second kappa shape index (κ2) is 4.07. The number of phenolic OH excluding ortho intramolecular Hbond substituents is 1. The number of rotatable bonds is 3. The van der Waals surface area contributed by atoms with Gasteiger partial charge in [-0.3, -0.25) is 5.14 Å². The summed E-state index contributed by atoms with van der Waals surface area (Å²) in [6, 6.07) is 6.43. The second-order valence-electron chi connectivity index (χ2n) is 1.72. The van der Waals surface area contributed by atoms with Crippen molar-refractivity contribution < 1.29 is 14.3 Å². The Bertz CT molecular complexity index is 231. The Morgan fingerprint density at radius 2 is 2.09 bits per heavy atom. The average molecular weight is 173 g/mol. The molecule has 0 saturated heterocycles. The quantitative estimate of drug-likeness (QED) is 0.311. The molecule has 0 bridgehead atoms. The van der Waals surface area contributed by atoms with Gasteiger partial charge >= 0.3 is 0 Å². The summed E-state index contributed by atoms with van der Waals surface area (Å²) in [6.07, 6.45) is 0. The first kappa shape index (κ1) is 8.19. The molecular weight excluding hydrogens is 166 g/mol. The van der Waals surface area contributed by atoms with Gasteiger partial charge in [0.05, 0.1) is 0 Å². The first-order chi connectivity index (χ1) is 5.34. The Morgan fingerprint density at radius 1 is 1.36 bits per heavy atom. The summed E-state index contributed by atoms with van der Waals surface area (Å²) in [5, 5.41) is 14.0. The number of phenols is 1. The van der Waals surface area contributed by atoms with E-state index in [1.807, 2.05) is 0 Å². The van der Waals surface area contributed by atoms with Crippen LogP contribution in [0.3, 0.4) is 0 Å². The third-order valence-corrected chi connectivity index (χ3v) is 1.17.